The molecule has 0 unspecified atom stereocenters. The Bertz CT molecular complexity index is 568. The van der Waals surface area contributed by atoms with Crippen LogP contribution in [-0.2, 0) is 15.0 Å². The van der Waals surface area contributed by atoms with Crippen molar-refractivity contribution >= 4 is 27.9 Å². The van der Waals surface area contributed by atoms with Gasteiger partial charge in [-0.05, 0) is 24.3 Å². The average molecular weight is 260 g/mol. The van der Waals surface area contributed by atoms with Gasteiger partial charge in [0.25, 0.3) is 10.2 Å². The summed E-state index contributed by atoms with van der Waals surface area (Å²) in [7, 11) is -3.96. The van der Waals surface area contributed by atoms with Gasteiger partial charge < -0.3 is 5.11 Å². The molecule has 0 amide bonds. The van der Waals surface area contributed by atoms with Gasteiger partial charge in [0.1, 0.15) is 5.82 Å². The fourth-order valence-corrected chi connectivity index (χ4v) is 1.51. The second kappa shape index (κ2) is 4.93. The molecule has 0 aliphatic carbocycles. The van der Waals surface area contributed by atoms with Crippen LogP contribution in [0.3, 0.4) is 0 Å². The number of benzene rings is 1. The number of carboxylic acids is 1. The number of carboxylic acid groups (broad SMARTS) is 1. The van der Waals surface area contributed by atoms with Crippen LogP contribution in [0.25, 0.3) is 6.08 Å². The lowest BCUT2D eigenvalue weighted by Gasteiger charge is -2.04. The summed E-state index contributed by atoms with van der Waals surface area (Å²) in [5, 5.41) is 13.1. The fraction of sp³-hybridized carbons (Fsp3) is 0. The first-order valence-corrected chi connectivity index (χ1v) is 5.83. The standard InChI is InChI=1S/C9H9FN2O4S/c10-8-5-7(12-17(11,15)16)3-1-6(8)2-4-9(13)14/h1-5,12H,(H,13,14)(H2,11,15,16)/b4-2+. The Kier molecular flexibility index (Phi) is 3.81. The van der Waals surface area contributed by atoms with Crippen LogP contribution in [0.1, 0.15) is 5.56 Å². The minimum absolute atomic E-state index is 0.0207. The number of hydrogen-bond acceptors (Lipinski definition) is 3. The molecule has 1 aromatic rings. The summed E-state index contributed by atoms with van der Waals surface area (Å²) in [6.07, 6.45) is 1.82. The van der Waals surface area contributed by atoms with E-state index in [4.69, 9.17) is 10.2 Å². The second-order valence-electron chi connectivity index (χ2n) is 3.05. The average Bonchev–Trinajstić information content (AvgIpc) is 2.13. The fourth-order valence-electron chi connectivity index (χ4n) is 1.05. The number of carbonyl (C=O) groups is 1. The normalized spacial score (nSPS) is 11.6. The molecule has 0 fully saturated rings. The molecule has 1 rings (SSSR count). The van der Waals surface area contributed by atoms with E-state index >= 15 is 0 Å². The van der Waals surface area contributed by atoms with Gasteiger partial charge in [-0.3, -0.25) is 4.72 Å². The van der Waals surface area contributed by atoms with Crippen LogP contribution in [0.4, 0.5) is 10.1 Å². The van der Waals surface area contributed by atoms with Crippen LogP contribution in [-0.4, -0.2) is 19.5 Å². The van der Waals surface area contributed by atoms with Crippen LogP contribution >= 0.6 is 0 Å². The summed E-state index contributed by atoms with van der Waals surface area (Å²) < 4.78 is 36.6. The van der Waals surface area contributed by atoms with Crippen LogP contribution in [0.5, 0.6) is 0 Å². The maximum atomic E-state index is 13.4. The van der Waals surface area contributed by atoms with Gasteiger partial charge >= 0.3 is 5.97 Å². The van der Waals surface area contributed by atoms with E-state index in [1.807, 2.05) is 4.72 Å². The van der Waals surface area contributed by atoms with Crippen molar-refractivity contribution in [2.45, 2.75) is 0 Å². The predicted molar refractivity (Wildman–Crippen MR) is 59.8 cm³/mol. The molecule has 6 nitrogen and oxygen atoms in total. The molecule has 0 saturated heterocycles. The van der Waals surface area contributed by atoms with E-state index in [1.54, 1.807) is 0 Å². The highest BCUT2D eigenvalue weighted by molar-refractivity contribution is 7.90. The number of anilines is 1. The number of rotatable bonds is 4. The molecular weight excluding hydrogens is 251 g/mol. The van der Waals surface area contributed by atoms with E-state index in [0.717, 1.165) is 18.2 Å². The molecule has 0 radical (unpaired) electrons. The summed E-state index contributed by atoms with van der Waals surface area (Å²) in [4.78, 5) is 10.2. The van der Waals surface area contributed by atoms with Crippen molar-refractivity contribution in [2.24, 2.45) is 5.14 Å². The maximum absolute atomic E-state index is 13.4. The Hall–Kier alpha value is -1.93. The van der Waals surface area contributed by atoms with Gasteiger partial charge in [-0.2, -0.15) is 8.42 Å². The molecule has 0 aliphatic rings. The summed E-state index contributed by atoms with van der Waals surface area (Å²) in [5.41, 5.74) is -0.0233. The maximum Gasteiger partial charge on any atom is 0.328 e. The molecule has 0 saturated carbocycles. The van der Waals surface area contributed by atoms with Gasteiger partial charge in [0.15, 0.2) is 0 Å². The first kappa shape index (κ1) is 13.1. The van der Waals surface area contributed by atoms with Crippen molar-refractivity contribution in [3.8, 4) is 0 Å². The second-order valence-corrected chi connectivity index (χ2v) is 4.35. The van der Waals surface area contributed by atoms with Crippen molar-refractivity contribution in [1.82, 2.24) is 0 Å². The summed E-state index contributed by atoms with van der Waals surface area (Å²) in [5.74, 6) is -1.98. The van der Waals surface area contributed by atoms with E-state index in [-0.39, 0.29) is 11.3 Å². The minimum atomic E-state index is -3.96. The molecule has 0 heterocycles. The molecule has 92 valence electrons. The van der Waals surface area contributed by atoms with Crippen molar-refractivity contribution in [3.05, 3.63) is 35.7 Å². The molecule has 0 bridgehead atoms. The lowest BCUT2D eigenvalue weighted by atomic mass is 10.2. The molecule has 0 spiro atoms. The van der Waals surface area contributed by atoms with Crippen molar-refractivity contribution in [1.29, 1.82) is 0 Å². The predicted octanol–water partition coefficient (Wildman–Crippen LogP) is 0.539. The molecule has 8 heteroatoms. The highest BCUT2D eigenvalue weighted by atomic mass is 32.2. The molecule has 4 N–H and O–H groups in total. The van der Waals surface area contributed by atoms with Crippen molar-refractivity contribution < 1.29 is 22.7 Å². The monoisotopic (exact) mass is 260 g/mol. The quantitative estimate of drug-likeness (QED) is 0.686. The van der Waals surface area contributed by atoms with Crippen molar-refractivity contribution in [2.75, 3.05) is 4.72 Å². The lowest BCUT2D eigenvalue weighted by Crippen LogP contribution is -2.21. The number of nitrogens with one attached hydrogen (secondary N) is 1. The zero-order valence-electron chi connectivity index (χ0n) is 8.42. The molecule has 1 aromatic carbocycles. The van der Waals surface area contributed by atoms with E-state index in [2.05, 4.69) is 0 Å². The third-order valence-electron chi connectivity index (χ3n) is 1.67. The van der Waals surface area contributed by atoms with Crippen molar-refractivity contribution in [3.63, 3.8) is 0 Å². The Morgan fingerprint density at radius 3 is 2.59 bits per heavy atom. The van der Waals surface area contributed by atoms with Gasteiger partial charge in [0.05, 0.1) is 5.69 Å². The van der Waals surface area contributed by atoms with Crippen LogP contribution in [0.2, 0.25) is 0 Å². The first-order chi connectivity index (χ1) is 7.78. The number of halogens is 1. The van der Waals surface area contributed by atoms with Gasteiger partial charge in [-0.25, -0.2) is 14.3 Å². The minimum Gasteiger partial charge on any atom is -0.478 e. The van der Waals surface area contributed by atoms with Gasteiger partial charge in [0, 0.05) is 11.6 Å². The van der Waals surface area contributed by atoms with Gasteiger partial charge in [0.2, 0.25) is 0 Å². The largest absolute Gasteiger partial charge is 0.478 e. The zero-order chi connectivity index (χ0) is 13.1. The van der Waals surface area contributed by atoms with Gasteiger partial charge in [-0.1, -0.05) is 0 Å². The van der Waals surface area contributed by atoms with Crippen LogP contribution in [0, 0.1) is 5.82 Å². The Labute approximate surface area is 96.7 Å². The SMILES string of the molecule is NS(=O)(=O)Nc1ccc(/C=C/C(=O)O)c(F)c1. The van der Waals surface area contributed by atoms with E-state index in [0.29, 0.717) is 0 Å². The number of nitrogens with two attached hydrogens (primary N) is 1. The molecule has 17 heavy (non-hydrogen) atoms. The van der Waals surface area contributed by atoms with E-state index in [1.165, 1.54) is 12.1 Å². The van der Waals surface area contributed by atoms with Gasteiger partial charge in [-0.15, -0.1) is 0 Å². The molecule has 0 aliphatic heterocycles. The molecule has 0 aromatic heterocycles. The topological polar surface area (TPSA) is 109 Å². The summed E-state index contributed by atoms with van der Waals surface area (Å²) in [6, 6.07) is 3.38. The Morgan fingerprint density at radius 2 is 2.12 bits per heavy atom. The molecular formula is C9H9FN2O4S. The zero-order valence-corrected chi connectivity index (χ0v) is 9.24. The van der Waals surface area contributed by atoms with Crippen LogP contribution in [0.15, 0.2) is 24.3 Å². The smallest absolute Gasteiger partial charge is 0.328 e. The molecule has 0 atom stereocenters. The lowest BCUT2D eigenvalue weighted by molar-refractivity contribution is -0.131. The highest BCUT2D eigenvalue weighted by Gasteiger charge is 2.05. The third kappa shape index (κ3) is 4.62. The third-order valence-corrected chi connectivity index (χ3v) is 2.19. The summed E-state index contributed by atoms with van der Waals surface area (Å²) >= 11 is 0. The van der Waals surface area contributed by atoms with Crippen LogP contribution < -0.4 is 9.86 Å². The Morgan fingerprint density at radius 1 is 1.47 bits per heavy atom. The van der Waals surface area contributed by atoms with E-state index in [9.17, 15) is 17.6 Å². The Balaban J connectivity index is 2.98. The number of hydrogen-bond donors (Lipinski definition) is 3. The highest BCUT2D eigenvalue weighted by Crippen LogP contribution is 2.16. The first-order valence-electron chi connectivity index (χ1n) is 4.29. The van der Waals surface area contributed by atoms with E-state index < -0.39 is 22.0 Å². The number of aliphatic carboxylic acids is 1. The summed E-state index contributed by atoms with van der Waals surface area (Å²) in [6.45, 7) is 0.